The van der Waals surface area contributed by atoms with Gasteiger partial charge in [0.25, 0.3) is 5.91 Å². The van der Waals surface area contributed by atoms with Gasteiger partial charge in [0.2, 0.25) is 0 Å². The fourth-order valence-electron chi connectivity index (χ4n) is 2.81. The molecule has 0 radical (unpaired) electrons. The summed E-state index contributed by atoms with van der Waals surface area (Å²) >= 11 is 0. The summed E-state index contributed by atoms with van der Waals surface area (Å²) < 4.78 is 5.25. The molecule has 2 atom stereocenters. The normalized spacial score (nSPS) is 22.5. The smallest absolute Gasteiger partial charge is 0.255 e. The van der Waals surface area contributed by atoms with E-state index in [1.807, 2.05) is 24.3 Å². The Morgan fingerprint density at radius 3 is 2.71 bits per heavy atom. The number of nitrogens with one attached hydrogen (secondary N) is 1. The second kappa shape index (κ2) is 8.03. The van der Waals surface area contributed by atoms with Crippen molar-refractivity contribution < 1.29 is 9.53 Å². The Hall–Kier alpha value is -1.55. The molecular weight excluding hydrogens is 264 g/mol. The molecule has 0 saturated heterocycles. The van der Waals surface area contributed by atoms with E-state index in [1.165, 1.54) is 37.7 Å². The molecule has 1 fully saturated rings. The zero-order chi connectivity index (χ0) is 15.1. The van der Waals surface area contributed by atoms with Crippen LogP contribution in [0.5, 0.6) is 5.75 Å². The molecule has 0 bridgehead atoms. The SMILES string of the molecule is CC1CCCC(NCc2ccc(OCC(N)=O)cc2)CC1. The first-order valence-electron chi connectivity index (χ1n) is 7.87. The number of amides is 1. The lowest BCUT2D eigenvalue weighted by Crippen LogP contribution is -2.27. The Bertz CT molecular complexity index is 445. The van der Waals surface area contributed by atoms with Crippen molar-refractivity contribution in [2.24, 2.45) is 11.7 Å². The molecule has 0 aliphatic heterocycles. The van der Waals surface area contributed by atoms with Gasteiger partial charge in [-0.05, 0) is 42.9 Å². The summed E-state index contributed by atoms with van der Waals surface area (Å²) in [5.74, 6) is 1.10. The van der Waals surface area contributed by atoms with Gasteiger partial charge in [0.05, 0.1) is 0 Å². The van der Waals surface area contributed by atoms with E-state index in [9.17, 15) is 4.79 Å². The standard InChI is InChI=1S/C17H26N2O2/c1-13-3-2-4-15(8-5-13)19-11-14-6-9-16(10-7-14)21-12-17(18)20/h6-7,9-10,13,15,19H,2-5,8,11-12H2,1H3,(H2,18,20). The topological polar surface area (TPSA) is 64.3 Å². The molecule has 1 aromatic carbocycles. The zero-order valence-corrected chi connectivity index (χ0v) is 12.8. The van der Waals surface area contributed by atoms with Crippen LogP contribution in [0.3, 0.4) is 0 Å². The highest BCUT2D eigenvalue weighted by molar-refractivity contribution is 5.75. The highest BCUT2D eigenvalue weighted by Crippen LogP contribution is 2.23. The molecule has 21 heavy (non-hydrogen) atoms. The summed E-state index contributed by atoms with van der Waals surface area (Å²) in [6, 6.07) is 8.47. The lowest BCUT2D eigenvalue weighted by atomic mass is 10.0. The van der Waals surface area contributed by atoms with Gasteiger partial charge in [0.1, 0.15) is 5.75 Å². The van der Waals surface area contributed by atoms with E-state index in [0.29, 0.717) is 11.8 Å². The third kappa shape index (κ3) is 5.76. The van der Waals surface area contributed by atoms with Crippen molar-refractivity contribution >= 4 is 5.91 Å². The van der Waals surface area contributed by atoms with Crippen LogP contribution < -0.4 is 15.8 Å². The number of ether oxygens (including phenoxy) is 1. The Kier molecular flexibility index (Phi) is 6.05. The lowest BCUT2D eigenvalue weighted by molar-refractivity contribution is -0.119. The summed E-state index contributed by atoms with van der Waals surface area (Å²) in [6.07, 6.45) is 6.59. The summed E-state index contributed by atoms with van der Waals surface area (Å²) in [5.41, 5.74) is 6.28. The van der Waals surface area contributed by atoms with Gasteiger partial charge in [-0.3, -0.25) is 4.79 Å². The predicted molar refractivity (Wildman–Crippen MR) is 84.0 cm³/mol. The van der Waals surface area contributed by atoms with Gasteiger partial charge in [-0.1, -0.05) is 31.9 Å². The number of rotatable bonds is 6. The van der Waals surface area contributed by atoms with E-state index < -0.39 is 5.91 Å². The van der Waals surface area contributed by atoms with Crippen LogP contribution in [-0.4, -0.2) is 18.6 Å². The van der Waals surface area contributed by atoms with Crippen molar-refractivity contribution in [3.05, 3.63) is 29.8 Å². The maximum atomic E-state index is 10.7. The molecule has 1 amide bonds. The molecule has 1 aliphatic carbocycles. The minimum Gasteiger partial charge on any atom is -0.484 e. The highest BCUT2D eigenvalue weighted by atomic mass is 16.5. The molecule has 1 aliphatic rings. The fourth-order valence-corrected chi connectivity index (χ4v) is 2.81. The largest absolute Gasteiger partial charge is 0.484 e. The molecule has 4 heteroatoms. The van der Waals surface area contributed by atoms with E-state index in [4.69, 9.17) is 10.5 Å². The minimum absolute atomic E-state index is 0.0716. The van der Waals surface area contributed by atoms with Crippen molar-refractivity contribution in [1.82, 2.24) is 5.32 Å². The van der Waals surface area contributed by atoms with Crippen LogP contribution in [0.2, 0.25) is 0 Å². The maximum absolute atomic E-state index is 10.7. The first-order chi connectivity index (χ1) is 10.1. The van der Waals surface area contributed by atoms with E-state index in [2.05, 4.69) is 12.2 Å². The van der Waals surface area contributed by atoms with E-state index >= 15 is 0 Å². The van der Waals surface area contributed by atoms with Crippen LogP contribution >= 0.6 is 0 Å². The Labute approximate surface area is 127 Å². The van der Waals surface area contributed by atoms with Gasteiger partial charge in [-0.15, -0.1) is 0 Å². The van der Waals surface area contributed by atoms with Gasteiger partial charge in [-0.2, -0.15) is 0 Å². The van der Waals surface area contributed by atoms with Gasteiger partial charge in [-0.25, -0.2) is 0 Å². The van der Waals surface area contributed by atoms with Crippen molar-refractivity contribution in [2.75, 3.05) is 6.61 Å². The molecular formula is C17H26N2O2. The second-order valence-corrected chi connectivity index (χ2v) is 6.09. The number of carbonyl (C=O) groups excluding carboxylic acids is 1. The molecule has 3 N–H and O–H groups in total. The van der Waals surface area contributed by atoms with Crippen molar-refractivity contribution in [2.45, 2.75) is 51.6 Å². The number of carbonyl (C=O) groups is 1. The highest BCUT2D eigenvalue weighted by Gasteiger charge is 2.15. The number of nitrogens with two attached hydrogens (primary N) is 1. The molecule has 0 heterocycles. The van der Waals surface area contributed by atoms with Crippen LogP contribution in [-0.2, 0) is 11.3 Å². The Morgan fingerprint density at radius 1 is 1.24 bits per heavy atom. The molecule has 0 spiro atoms. The average molecular weight is 290 g/mol. The maximum Gasteiger partial charge on any atom is 0.255 e. The molecule has 2 unspecified atom stereocenters. The fraction of sp³-hybridized carbons (Fsp3) is 0.588. The van der Waals surface area contributed by atoms with Crippen LogP contribution in [0.25, 0.3) is 0 Å². The Morgan fingerprint density at radius 2 is 2.00 bits per heavy atom. The summed E-state index contributed by atoms with van der Waals surface area (Å²) in [6.45, 7) is 3.17. The summed E-state index contributed by atoms with van der Waals surface area (Å²) in [5, 5.41) is 3.65. The predicted octanol–water partition coefficient (Wildman–Crippen LogP) is 2.61. The number of hydrogen-bond acceptors (Lipinski definition) is 3. The van der Waals surface area contributed by atoms with E-state index in [0.717, 1.165) is 12.5 Å². The van der Waals surface area contributed by atoms with E-state index in [-0.39, 0.29) is 6.61 Å². The molecule has 0 aromatic heterocycles. The van der Waals surface area contributed by atoms with Gasteiger partial charge in [0.15, 0.2) is 6.61 Å². The summed E-state index contributed by atoms with van der Waals surface area (Å²) in [7, 11) is 0. The van der Waals surface area contributed by atoms with Crippen molar-refractivity contribution in [3.8, 4) is 5.75 Å². The average Bonchev–Trinajstić information content (AvgIpc) is 2.68. The van der Waals surface area contributed by atoms with Crippen molar-refractivity contribution in [1.29, 1.82) is 0 Å². The molecule has 1 saturated carbocycles. The summed E-state index contributed by atoms with van der Waals surface area (Å²) in [4.78, 5) is 10.7. The van der Waals surface area contributed by atoms with Crippen LogP contribution in [0.15, 0.2) is 24.3 Å². The quantitative estimate of drug-likeness (QED) is 0.792. The molecule has 4 nitrogen and oxygen atoms in total. The third-order valence-electron chi connectivity index (χ3n) is 4.16. The lowest BCUT2D eigenvalue weighted by Gasteiger charge is -2.16. The third-order valence-corrected chi connectivity index (χ3v) is 4.16. The number of benzene rings is 1. The van der Waals surface area contributed by atoms with Crippen molar-refractivity contribution in [3.63, 3.8) is 0 Å². The first-order valence-corrected chi connectivity index (χ1v) is 7.87. The number of hydrogen-bond donors (Lipinski definition) is 2. The minimum atomic E-state index is -0.455. The van der Waals surface area contributed by atoms with Crippen LogP contribution in [0.4, 0.5) is 0 Å². The molecule has 1 aromatic rings. The van der Waals surface area contributed by atoms with Crippen LogP contribution in [0.1, 0.15) is 44.6 Å². The molecule has 116 valence electrons. The van der Waals surface area contributed by atoms with Gasteiger partial charge < -0.3 is 15.8 Å². The number of primary amides is 1. The van der Waals surface area contributed by atoms with Gasteiger partial charge in [0, 0.05) is 12.6 Å². The first kappa shape index (κ1) is 15.8. The zero-order valence-electron chi connectivity index (χ0n) is 12.8. The second-order valence-electron chi connectivity index (χ2n) is 6.09. The van der Waals surface area contributed by atoms with Gasteiger partial charge >= 0.3 is 0 Å². The van der Waals surface area contributed by atoms with E-state index in [1.54, 1.807) is 0 Å². The molecule has 2 rings (SSSR count). The Balaban J connectivity index is 1.76. The van der Waals surface area contributed by atoms with Crippen LogP contribution in [0, 0.1) is 5.92 Å². The monoisotopic (exact) mass is 290 g/mol.